The van der Waals surface area contributed by atoms with Crippen LogP contribution in [-0.2, 0) is 11.2 Å². The van der Waals surface area contributed by atoms with E-state index in [4.69, 9.17) is 0 Å². The summed E-state index contributed by atoms with van der Waals surface area (Å²) >= 11 is 2.85. The van der Waals surface area contributed by atoms with E-state index in [1.165, 1.54) is 16.8 Å². The number of carbonyl (C=O) groups excluding carboxylic acids is 1. The molecule has 0 aliphatic carbocycles. The first kappa shape index (κ1) is 20.9. The Labute approximate surface area is 163 Å². The van der Waals surface area contributed by atoms with E-state index in [-0.39, 0.29) is 30.0 Å². The Morgan fingerprint density at radius 3 is 2.15 bits per heavy atom. The number of nitrogens with one attached hydrogen (secondary N) is 1. The molecule has 0 radical (unpaired) electrons. The van der Waals surface area contributed by atoms with Gasteiger partial charge in [0.05, 0.1) is 6.42 Å². The summed E-state index contributed by atoms with van der Waals surface area (Å²) in [6.45, 7) is 12.3. The number of hydrogen-bond donors (Lipinski definition) is 1. The predicted octanol–water partition coefficient (Wildman–Crippen LogP) is 6.02. The Morgan fingerprint density at radius 2 is 1.69 bits per heavy atom. The average Bonchev–Trinajstić information content (AvgIpc) is 3.03. The van der Waals surface area contributed by atoms with E-state index in [1.807, 2.05) is 33.9 Å². The summed E-state index contributed by atoms with van der Waals surface area (Å²) in [6.07, 6.45) is 2.11. The van der Waals surface area contributed by atoms with Crippen LogP contribution in [0.2, 0.25) is 0 Å². The number of thiazole rings is 1. The van der Waals surface area contributed by atoms with Crippen LogP contribution in [0.25, 0.3) is 0 Å². The Balaban J connectivity index is 2.14. The number of nitrogens with zero attached hydrogens (tertiary/aromatic N) is 1. The van der Waals surface area contributed by atoms with E-state index in [9.17, 15) is 9.18 Å². The largest absolute Gasteiger partial charge is 0.294 e. The SMILES string of the molecule is CC(C)c1cnc(SNC(=O)Cc2c(C(C)C)cc(F)cc2C(C)C)s1. The minimum Gasteiger partial charge on any atom is -0.294 e. The van der Waals surface area contributed by atoms with Crippen molar-refractivity contribution in [2.24, 2.45) is 0 Å². The number of hydrogen-bond acceptors (Lipinski definition) is 4. The van der Waals surface area contributed by atoms with E-state index in [2.05, 4.69) is 23.6 Å². The molecule has 3 nitrogen and oxygen atoms in total. The molecule has 26 heavy (non-hydrogen) atoms. The van der Waals surface area contributed by atoms with Crippen molar-refractivity contribution in [2.45, 2.75) is 70.1 Å². The van der Waals surface area contributed by atoms with Crippen molar-refractivity contribution in [3.05, 3.63) is 45.7 Å². The average molecular weight is 395 g/mol. The lowest BCUT2D eigenvalue weighted by atomic mass is 9.87. The molecule has 0 unspecified atom stereocenters. The Hall–Kier alpha value is -1.40. The molecule has 1 amide bonds. The van der Waals surface area contributed by atoms with Gasteiger partial charge in [-0.25, -0.2) is 9.37 Å². The highest BCUT2D eigenvalue weighted by Gasteiger charge is 2.19. The fraction of sp³-hybridized carbons (Fsp3) is 0.500. The van der Waals surface area contributed by atoms with Gasteiger partial charge in [-0.05, 0) is 46.6 Å². The summed E-state index contributed by atoms with van der Waals surface area (Å²) in [5, 5.41) is 0. The molecule has 1 aromatic carbocycles. The van der Waals surface area contributed by atoms with E-state index < -0.39 is 0 Å². The first-order chi connectivity index (χ1) is 12.2. The molecule has 0 aliphatic rings. The van der Waals surface area contributed by atoms with Crippen LogP contribution in [0.3, 0.4) is 0 Å². The standard InChI is InChI=1S/C20H27FN2OS2/c1-11(2)15-7-14(21)8-16(12(3)4)17(15)9-19(24)23-26-20-22-10-18(25-20)13(5)6/h7-8,10-13H,9H2,1-6H3,(H,23,24). The number of carbonyl (C=O) groups is 1. The Bertz CT molecular complexity index is 740. The molecule has 1 heterocycles. The third kappa shape index (κ3) is 5.30. The fourth-order valence-corrected chi connectivity index (χ4v) is 4.40. The van der Waals surface area contributed by atoms with Crippen LogP contribution in [0.5, 0.6) is 0 Å². The molecule has 1 aromatic heterocycles. The lowest BCUT2D eigenvalue weighted by Crippen LogP contribution is -2.20. The minimum absolute atomic E-state index is 0.0910. The summed E-state index contributed by atoms with van der Waals surface area (Å²) in [5.74, 6) is 0.419. The van der Waals surface area contributed by atoms with E-state index in [0.717, 1.165) is 21.0 Å². The Morgan fingerprint density at radius 1 is 1.12 bits per heavy atom. The zero-order valence-corrected chi connectivity index (χ0v) is 17.9. The summed E-state index contributed by atoms with van der Waals surface area (Å²) < 4.78 is 17.7. The third-order valence-electron chi connectivity index (χ3n) is 4.19. The maximum absolute atomic E-state index is 14.0. The number of amides is 1. The smallest absolute Gasteiger partial charge is 0.234 e. The van der Waals surface area contributed by atoms with Crippen molar-refractivity contribution in [3.63, 3.8) is 0 Å². The molecule has 0 aliphatic heterocycles. The second-order valence-corrected chi connectivity index (χ2v) is 9.48. The zero-order valence-electron chi connectivity index (χ0n) is 16.2. The van der Waals surface area contributed by atoms with Crippen molar-refractivity contribution < 1.29 is 9.18 Å². The highest BCUT2D eigenvalue weighted by Crippen LogP contribution is 2.30. The molecule has 2 aromatic rings. The van der Waals surface area contributed by atoms with Crippen molar-refractivity contribution in [1.82, 2.24) is 9.71 Å². The molecular formula is C20H27FN2OS2. The van der Waals surface area contributed by atoms with E-state index in [0.29, 0.717) is 5.92 Å². The van der Waals surface area contributed by atoms with Gasteiger partial charge in [0.1, 0.15) is 5.82 Å². The maximum atomic E-state index is 14.0. The molecule has 0 saturated heterocycles. The fourth-order valence-electron chi connectivity index (χ4n) is 2.80. The summed E-state index contributed by atoms with van der Waals surface area (Å²) in [7, 11) is 0. The lowest BCUT2D eigenvalue weighted by Gasteiger charge is -2.19. The van der Waals surface area contributed by atoms with Crippen LogP contribution in [-0.4, -0.2) is 10.9 Å². The topological polar surface area (TPSA) is 42.0 Å². The van der Waals surface area contributed by atoms with Gasteiger partial charge in [0.15, 0.2) is 4.34 Å². The highest BCUT2D eigenvalue weighted by atomic mass is 32.2. The van der Waals surface area contributed by atoms with Gasteiger partial charge in [0.2, 0.25) is 5.91 Å². The van der Waals surface area contributed by atoms with Gasteiger partial charge >= 0.3 is 0 Å². The minimum atomic E-state index is -0.236. The van der Waals surface area contributed by atoms with Gasteiger partial charge in [-0.1, -0.05) is 41.5 Å². The molecule has 0 spiro atoms. The first-order valence-electron chi connectivity index (χ1n) is 8.92. The monoisotopic (exact) mass is 394 g/mol. The molecular weight excluding hydrogens is 367 g/mol. The van der Waals surface area contributed by atoms with Crippen LogP contribution >= 0.6 is 23.3 Å². The van der Waals surface area contributed by atoms with Gasteiger partial charge in [0, 0.05) is 23.0 Å². The molecule has 0 fully saturated rings. The van der Waals surface area contributed by atoms with Gasteiger partial charge in [-0.15, -0.1) is 11.3 Å². The number of rotatable bonds is 7. The highest BCUT2D eigenvalue weighted by molar-refractivity contribution is 7.99. The van der Waals surface area contributed by atoms with Crippen LogP contribution in [0.4, 0.5) is 4.39 Å². The van der Waals surface area contributed by atoms with Crippen LogP contribution in [0.15, 0.2) is 22.7 Å². The van der Waals surface area contributed by atoms with Gasteiger partial charge in [-0.2, -0.15) is 0 Å². The third-order valence-corrected chi connectivity index (χ3v) is 6.39. The van der Waals surface area contributed by atoms with Crippen LogP contribution in [0.1, 0.15) is 80.9 Å². The summed E-state index contributed by atoms with van der Waals surface area (Å²) in [4.78, 5) is 18.0. The van der Waals surface area contributed by atoms with Crippen molar-refractivity contribution in [2.75, 3.05) is 0 Å². The number of aromatic nitrogens is 1. The van der Waals surface area contributed by atoms with E-state index >= 15 is 0 Å². The second-order valence-electron chi connectivity index (χ2n) is 7.36. The molecule has 0 atom stereocenters. The summed E-state index contributed by atoms with van der Waals surface area (Å²) in [6, 6.07) is 3.12. The zero-order chi connectivity index (χ0) is 19.4. The van der Waals surface area contributed by atoms with Crippen molar-refractivity contribution in [1.29, 1.82) is 0 Å². The molecule has 142 valence electrons. The lowest BCUT2D eigenvalue weighted by molar-refractivity contribution is -0.118. The number of halogens is 1. The quantitative estimate of drug-likeness (QED) is 0.584. The summed E-state index contributed by atoms with van der Waals surface area (Å²) in [5.41, 5.74) is 2.76. The van der Waals surface area contributed by atoms with Crippen LogP contribution in [0, 0.1) is 5.82 Å². The van der Waals surface area contributed by atoms with Crippen LogP contribution < -0.4 is 4.72 Å². The predicted molar refractivity (Wildman–Crippen MR) is 108 cm³/mol. The van der Waals surface area contributed by atoms with Gasteiger partial charge in [0.25, 0.3) is 0 Å². The Kier molecular flexibility index (Phi) is 7.24. The molecule has 0 bridgehead atoms. The molecule has 1 N–H and O–H groups in total. The van der Waals surface area contributed by atoms with Gasteiger partial charge < -0.3 is 0 Å². The molecule has 2 rings (SSSR count). The van der Waals surface area contributed by atoms with E-state index in [1.54, 1.807) is 23.5 Å². The maximum Gasteiger partial charge on any atom is 0.234 e. The number of benzene rings is 1. The molecule has 6 heteroatoms. The second kappa shape index (κ2) is 9.00. The first-order valence-corrected chi connectivity index (χ1v) is 10.6. The molecule has 0 saturated carbocycles. The van der Waals surface area contributed by atoms with Crippen molar-refractivity contribution in [3.8, 4) is 0 Å². The van der Waals surface area contributed by atoms with Crippen molar-refractivity contribution >= 4 is 29.2 Å². The van der Waals surface area contributed by atoms with Gasteiger partial charge in [-0.3, -0.25) is 9.52 Å². The normalized spacial score (nSPS) is 11.6.